The van der Waals surface area contributed by atoms with E-state index in [2.05, 4.69) is 39.8 Å². The Balaban J connectivity index is 0.00000127. The van der Waals surface area contributed by atoms with E-state index < -0.39 is 20.3 Å². The summed E-state index contributed by atoms with van der Waals surface area (Å²) >= 11 is -2.66. The van der Waals surface area contributed by atoms with Crippen molar-refractivity contribution in [3.8, 4) is 0 Å². The van der Waals surface area contributed by atoms with Crippen LogP contribution in [0.5, 0.6) is 0 Å². The van der Waals surface area contributed by atoms with Gasteiger partial charge in [0, 0.05) is 0 Å². The quantitative estimate of drug-likeness (QED) is 0.493. The Morgan fingerprint density at radius 1 is 0.514 bits per heavy atom. The van der Waals surface area contributed by atoms with Gasteiger partial charge in [0.05, 0.1) is 0 Å². The van der Waals surface area contributed by atoms with Crippen molar-refractivity contribution in [2.45, 2.75) is 100 Å². The predicted molar refractivity (Wildman–Crippen MR) is 139 cm³/mol. The van der Waals surface area contributed by atoms with Crippen LogP contribution in [-0.2, 0) is 58.8 Å². The minimum atomic E-state index is -2.66. The standard InChI is InChI=1S/2C15H17.C2H4.2ClH.Zr/c2*1-10-7-12-9-11(2)13-5-3-4-6-14(13)15(12)8-10;1-2;;;/h2*7H,3-6,8H2,1-2H3;1-2H2;2*1H;/q;;;;;+2/p-2. The van der Waals surface area contributed by atoms with Crippen LogP contribution in [0.3, 0.4) is 0 Å². The molecule has 7 rings (SSSR count). The molecule has 4 aliphatic carbocycles. The molecule has 0 nitrogen and oxygen atoms in total. The van der Waals surface area contributed by atoms with Crippen molar-refractivity contribution in [1.29, 1.82) is 0 Å². The van der Waals surface area contributed by atoms with E-state index in [0.717, 1.165) is 0 Å². The average Bonchev–Trinajstić information content (AvgIpc) is 3.34. The number of hydrogen-bond donors (Lipinski definition) is 0. The zero-order chi connectivity index (χ0) is 22.5. The van der Waals surface area contributed by atoms with E-state index >= 15 is 0 Å². The van der Waals surface area contributed by atoms with Crippen molar-refractivity contribution >= 4 is 18.7 Å². The fourth-order valence-corrected chi connectivity index (χ4v) is 23.7. The van der Waals surface area contributed by atoms with Crippen LogP contribution in [0, 0.1) is 13.8 Å². The van der Waals surface area contributed by atoms with Gasteiger partial charge in [0.1, 0.15) is 0 Å². The summed E-state index contributed by atoms with van der Waals surface area (Å²) in [6.07, 6.45) is 18.7. The molecule has 0 unspecified atom stereocenters. The molecule has 184 valence electrons. The minimum Gasteiger partial charge on any atom is -1.00 e. The summed E-state index contributed by atoms with van der Waals surface area (Å²) < 4.78 is 7.01. The fourth-order valence-electron chi connectivity index (χ4n) is 8.50. The number of halogens is 2. The summed E-state index contributed by atoms with van der Waals surface area (Å²) in [4.78, 5) is 0. The molecule has 1 heterocycles. The average molecular weight is 585 g/mol. The maximum absolute atomic E-state index is 2.66. The zero-order valence-electron chi connectivity index (χ0n) is 21.9. The normalized spacial score (nSPS) is 19.5. The first-order valence-electron chi connectivity index (χ1n) is 13.7. The molecule has 1 saturated heterocycles. The monoisotopic (exact) mass is 582 g/mol. The number of fused-ring (bicyclic) bond motifs is 6. The summed E-state index contributed by atoms with van der Waals surface area (Å²) in [5.74, 6) is 0. The van der Waals surface area contributed by atoms with E-state index in [4.69, 9.17) is 0 Å². The Kier molecular flexibility index (Phi) is 6.90. The summed E-state index contributed by atoms with van der Waals surface area (Å²) in [5.41, 5.74) is 20.9. The van der Waals surface area contributed by atoms with Crippen molar-refractivity contribution in [2.75, 3.05) is 0 Å². The molecule has 0 bridgehead atoms. The molecule has 0 atom stereocenters. The summed E-state index contributed by atoms with van der Waals surface area (Å²) in [5, 5.41) is 0. The van der Waals surface area contributed by atoms with Crippen LogP contribution in [0.1, 0.15) is 95.2 Å². The van der Waals surface area contributed by atoms with Crippen LogP contribution in [-0.4, -0.2) is 0 Å². The fraction of sp³-hybridized carbons (Fsp3) is 0.500. The Morgan fingerprint density at radius 3 is 1.26 bits per heavy atom. The molecule has 1 aliphatic heterocycles. The van der Waals surface area contributed by atoms with E-state index in [-0.39, 0.29) is 24.8 Å². The molecule has 0 spiro atoms. The number of rotatable bonds is 2. The van der Waals surface area contributed by atoms with E-state index in [1.54, 1.807) is 75.0 Å². The Hall–Kier alpha value is -0.617. The molecule has 0 saturated carbocycles. The van der Waals surface area contributed by atoms with Gasteiger partial charge in [-0.2, -0.15) is 0 Å². The molecule has 0 aromatic heterocycles. The van der Waals surface area contributed by atoms with Crippen LogP contribution >= 0.6 is 0 Å². The first kappa shape index (κ1) is 26.0. The predicted octanol–water partition coefficient (Wildman–Crippen LogP) is 0.943. The van der Waals surface area contributed by atoms with Crippen molar-refractivity contribution in [1.82, 2.24) is 0 Å². The van der Waals surface area contributed by atoms with Gasteiger partial charge in [0.15, 0.2) is 0 Å². The van der Waals surface area contributed by atoms with Gasteiger partial charge in [-0.15, -0.1) is 0 Å². The topological polar surface area (TPSA) is 0 Å². The maximum atomic E-state index is 2.64. The third kappa shape index (κ3) is 3.69. The van der Waals surface area contributed by atoms with Gasteiger partial charge in [0.2, 0.25) is 0 Å². The Morgan fingerprint density at radius 2 is 0.886 bits per heavy atom. The second kappa shape index (κ2) is 9.29. The molecule has 0 N–H and O–H groups in total. The van der Waals surface area contributed by atoms with Crippen LogP contribution in [0.4, 0.5) is 0 Å². The van der Waals surface area contributed by atoms with E-state index in [1.807, 2.05) is 6.54 Å². The molecule has 0 amide bonds. The van der Waals surface area contributed by atoms with Crippen molar-refractivity contribution in [3.05, 3.63) is 66.8 Å². The summed E-state index contributed by atoms with van der Waals surface area (Å²) in [6, 6.07) is 0. The molecular formula is C32H38Cl2Zr. The molecule has 2 aromatic rings. The summed E-state index contributed by atoms with van der Waals surface area (Å²) in [7, 11) is 0. The third-order valence-electron chi connectivity index (χ3n) is 9.91. The molecule has 2 aromatic carbocycles. The maximum Gasteiger partial charge on any atom is -1.00 e. The van der Waals surface area contributed by atoms with Gasteiger partial charge in [-0.05, 0) is 0 Å². The van der Waals surface area contributed by atoms with Crippen LogP contribution in [0.25, 0.3) is 12.2 Å². The summed E-state index contributed by atoms with van der Waals surface area (Å²) in [6.45, 7) is 9.87. The van der Waals surface area contributed by atoms with Gasteiger partial charge >= 0.3 is 206 Å². The molecule has 3 heteroatoms. The zero-order valence-corrected chi connectivity index (χ0v) is 25.9. The van der Waals surface area contributed by atoms with Crippen LogP contribution in [0.15, 0.2) is 11.1 Å². The first-order valence-corrected chi connectivity index (χ1v) is 19.6. The van der Waals surface area contributed by atoms with Crippen molar-refractivity contribution in [3.63, 3.8) is 0 Å². The van der Waals surface area contributed by atoms with Gasteiger partial charge in [-0.25, -0.2) is 0 Å². The van der Waals surface area contributed by atoms with Gasteiger partial charge < -0.3 is 24.8 Å². The van der Waals surface area contributed by atoms with Crippen molar-refractivity contribution < 1.29 is 45.1 Å². The van der Waals surface area contributed by atoms with E-state index in [9.17, 15) is 0 Å². The van der Waals surface area contributed by atoms with Crippen molar-refractivity contribution in [2.24, 2.45) is 0 Å². The number of hydrogen-bond acceptors (Lipinski definition) is 0. The Bertz CT molecular complexity index is 1210. The SMILES string of the molecule is CC1=Cc2c(c3c(c(C)[c]2[Zr+2]2([c]4c(C)c5c(c6c4C=C(C)C6)CCCC5)[CH2][CH2]2)CCCC3)C1.[Cl-].[Cl-]. The van der Waals surface area contributed by atoms with E-state index in [0.29, 0.717) is 0 Å². The van der Waals surface area contributed by atoms with E-state index in [1.165, 1.54) is 64.2 Å². The van der Waals surface area contributed by atoms with Crippen LogP contribution < -0.4 is 31.4 Å². The minimum absolute atomic E-state index is 0. The smallest absolute Gasteiger partial charge is 1.00 e. The molecule has 0 radical (unpaired) electrons. The third-order valence-corrected chi connectivity index (χ3v) is 21.5. The largest absolute Gasteiger partial charge is 1.00 e. The number of allylic oxidation sites excluding steroid dienone is 2. The second-order valence-corrected chi connectivity index (χ2v) is 22.3. The molecular weight excluding hydrogens is 546 g/mol. The molecule has 5 aliphatic rings. The first-order chi connectivity index (χ1) is 16.0. The number of benzene rings is 2. The van der Waals surface area contributed by atoms with Gasteiger partial charge in [-0.3, -0.25) is 0 Å². The van der Waals surface area contributed by atoms with Gasteiger partial charge in [0.25, 0.3) is 0 Å². The molecule has 35 heavy (non-hydrogen) atoms. The van der Waals surface area contributed by atoms with Gasteiger partial charge in [-0.1, -0.05) is 0 Å². The van der Waals surface area contributed by atoms with Crippen LogP contribution in [0.2, 0.25) is 8.26 Å². The second-order valence-electron chi connectivity index (χ2n) is 12.0. The molecule has 1 fully saturated rings. The Labute approximate surface area is 229 Å².